The van der Waals surface area contributed by atoms with E-state index in [1.807, 2.05) is 48.5 Å². The number of ether oxygens (including phenoxy) is 1. The number of hydrogen-bond donors (Lipinski definition) is 0. The van der Waals surface area contributed by atoms with Crippen molar-refractivity contribution in [1.29, 1.82) is 0 Å². The van der Waals surface area contributed by atoms with Gasteiger partial charge >= 0.3 is 0 Å². The molecular formula is C33H29FN4OS. The van der Waals surface area contributed by atoms with Gasteiger partial charge < -0.3 is 14.5 Å². The summed E-state index contributed by atoms with van der Waals surface area (Å²) in [5, 5.41) is 1.64. The predicted molar refractivity (Wildman–Crippen MR) is 162 cm³/mol. The second kappa shape index (κ2) is 11.7. The third-order valence-electron chi connectivity index (χ3n) is 6.99. The molecule has 5 nitrogen and oxygen atoms in total. The Bertz CT molecular complexity index is 1600. The zero-order valence-electron chi connectivity index (χ0n) is 22.2. The van der Waals surface area contributed by atoms with Crippen LogP contribution < -0.4 is 9.64 Å². The van der Waals surface area contributed by atoms with Crippen molar-refractivity contribution in [2.45, 2.75) is 0 Å². The van der Waals surface area contributed by atoms with Crippen LogP contribution in [0.3, 0.4) is 0 Å². The van der Waals surface area contributed by atoms with E-state index < -0.39 is 0 Å². The van der Waals surface area contributed by atoms with Crippen molar-refractivity contribution in [1.82, 2.24) is 9.88 Å². The first-order valence-electron chi connectivity index (χ1n) is 13.3. The van der Waals surface area contributed by atoms with E-state index in [2.05, 4.69) is 46.2 Å². The number of para-hydroxylation sites is 2. The highest BCUT2D eigenvalue weighted by Crippen LogP contribution is 2.40. The lowest BCUT2D eigenvalue weighted by Gasteiger charge is -2.38. The highest BCUT2D eigenvalue weighted by molar-refractivity contribution is 7.19. The lowest BCUT2D eigenvalue weighted by Crippen LogP contribution is -2.49. The summed E-state index contributed by atoms with van der Waals surface area (Å²) >= 11 is 1.53. The molecule has 0 atom stereocenters. The van der Waals surface area contributed by atoms with Gasteiger partial charge in [0.25, 0.3) is 0 Å². The second-order valence-corrected chi connectivity index (χ2v) is 10.5. The molecule has 0 bridgehead atoms. The number of halogens is 1. The third kappa shape index (κ3) is 5.46. The van der Waals surface area contributed by atoms with Crippen molar-refractivity contribution in [3.05, 3.63) is 121 Å². The molecule has 0 radical (unpaired) electrons. The minimum absolute atomic E-state index is 0.263. The van der Waals surface area contributed by atoms with Crippen molar-refractivity contribution < 1.29 is 9.13 Å². The van der Waals surface area contributed by atoms with E-state index in [0.29, 0.717) is 0 Å². The van der Waals surface area contributed by atoms with Crippen LogP contribution >= 0.6 is 11.3 Å². The largest absolute Gasteiger partial charge is 0.495 e. The average molecular weight is 549 g/mol. The molecule has 0 unspecified atom stereocenters. The second-order valence-electron chi connectivity index (χ2n) is 9.49. The quantitative estimate of drug-likeness (QED) is 0.163. The van der Waals surface area contributed by atoms with E-state index in [9.17, 15) is 4.39 Å². The molecule has 0 aliphatic carbocycles. The van der Waals surface area contributed by atoms with Crippen molar-refractivity contribution >= 4 is 27.9 Å². The molecule has 0 amide bonds. The first kappa shape index (κ1) is 25.8. The van der Waals surface area contributed by atoms with Crippen LogP contribution in [0.1, 0.15) is 5.56 Å². The molecule has 1 aromatic heterocycles. The van der Waals surface area contributed by atoms with Gasteiger partial charge in [-0.1, -0.05) is 84.1 Å². The maximum absolute atomic E-state index is 13.6. The van der Waals surface area contributed by atoms with E-state index in [4.69, 9.17) is 14.7 Å². The molecule has 5 aromatic rings. The Hall–Kier alpha value is -4.49. The SMILES string of the molecule is COc1ccccc1N1CCN(/C(=N/c2sc(-c3ccc(F)cc3)nc2-c2ccccc2)c2ccccc2)CC1. The maximum atomic E-state index is 13.6. The molecule has 1 aliphatic rings. The minimum Gasteiger partial charge on any atom is -0.495 e. The molecule has 2 heterocycles. The number of nitrogens with zero attached hydrogens (tertiary/aromatic N) is 4. The maximum Gasteiger partial charge on any atom is 0.146 e. The van der Waals surface area contributed by atoms with Gasteiger partial charge in [0.2, 0.25) is 0 Å². The fourth-order valence-corrected chi connectivity index (χ4v) is 5.91. The zero-order chi connectivity index (χ0) is 27.3. The van der Waals surface area contributed by atoms with E-state index in [1.54, 1.807) is 19.2 Å². The van der Waals surface area contributed by atoms with Crippen LogP contribution in [0.25, 0.3) is 21.8 Å². The van der Waals surface area contributed by atoms with Gasteiger partial charge in [-0.15, -0.1) is 0 Å². The Balaban J connectivity index is 1.38. The van der Waals surface area contributed by atoms with Crippen LogP contribution in [0.2, 0.25) is 0 Å². The van der Waals surface area contributed by atoms with Crippen molar-refractivity contribution in [2.75, 3.05) is 38.2 Å². The highest BCUT2D eigenvalue weighted by atomic mass is 32.1. The van der Waals surface area contributed by atoms with Gasteiger partial charge in [-0.2, -0.15) is 0 Å². The van der Waals surface area contributed by atoms with Crippen molar-refractivity contribution in [3.63, 3.8) is 0 Å². The lowest BCUT2D eigenvalue weighted by atomic mass is 10.1. The number of methoxy groups -OCH3 is 1. The Labute approximate surface area is 237 Å². The summed E-state index contributed by atoms with van der Waals surface area (Å²) in [6, 6.07) is 35.1. The monoisotopic (exact) mass is 548 g/mol. The number of thiazole rings is 1. The highest BCUT2D eigenvalue weighted by Gasteiger charge is 2.24. The number of piperazine rings is 1. The molecule has 7 heteroatoms. The average Bonchev–Trinajstić information content (AvgIpc) is 3.45. The van der Waals surface area contributed by atoms with Gasteiger partial charge in [-0.3, -0.25) is 0 Å². The first-order chi connectivity index (χ1) is 19.7. The van der Waals surface area contributed by atoms with Crippen LogP contribution in [0.5, 0.6) is 5.75 Å². The Morgan fingerprint density at radius 3 is 2.12 bits per heavy atom. The molecule has 1 saturated heterocycles. The fourth-order valence-electron chi connectivity index (χ4n) is 4.94. The van der Waals surface area contributed by atoms with E-state index in [1.165, 1.54) is 23.5 Å². The fraction of sp³-hybridized carbons (Fsp3) is 0.152. The molecule has 1 fully saturated rings. The molecule has 1 aliphatic heterocycles. The summed E-state index contributed by atoms with van der Waals surface area (Å²) in [5.74, 6) is 1.55. The predicted octanol–water partition coefficient (Wildman–Crippen LogP) is 7.53. The van der Waals surface area contributed by atoms with Gasteiger partial charge in [0.05, 0.1) is 12.8 Å². The van der Waals surface area contributed by atoms with Gasteiger partial charge in [-0.25, -0.2) is 14.4 Å². The minimum atomic E-state index is -0.263. The lowest BCUT2D eigenvalue weighted by molar-refractivity contribution is 0.378. The molecule has 200 valence electrons. The number of hydrogen-bond acceptors (Lipinski definition) is 5. The summed E-state index contributed by atoms with van der Waals surface area (Å²) in [4.78, 5) is 15.0. The van der Waals surface area contributed by atoms with Crippen molar-refractivity contribution in [2.24, 2.45) is 4.99 Å². The number of rotatable bonds is 6. The normalized spacial score (nSPS) is 13.9. The van der Waals surface area contributed by atoms with Gasteiger partial charge in [0, 0.05) is 42.9 Å². The standard InChI is InChI=1S/C33H29FN4OS/c1-39-29-15-9-8-14-28(29)37-20-22-38(23-21-37)31(25-12-6-3-7-13-25)36-33-30(24-10-4-2-5-11-24)35-32(40-33)26-16-18-27(34)19-17-26/h2-19H,20-23H2,1H3/b36-31+. The van der Waals surface area contributed by atoms with Crippen LogP contribution in [0.15, 0.2) is 114 Å². The Morgan fingerprint density at radius 1 is 0.775 bits per heavy atom. The Morgan fingerprint density at radius 2 is 1.43 bits per heavy atom. The van der Waals surface area contributed by atoms with Crippen LogP contribution in [0, 0.1) is 5.82 Å². The summed E-state index contributed by atoms with van der Waals surface area (Å²) in [6.07, 6.45) is 0. The number of anilines is 1. The van der Waals surface area contributed by atoms with Crippen LogP contribution in [-0.2, 0) is 0 Å². The van der Waals surface area contributed by atoms with Crippen LogP contribution in [-0.4, -0.2) is 49.0 Å². The number of aliphatic imine (C=N–C) groups is 1. The summed E-state index contributed by atoms with van der Waals surface area (Å²) in [6.45, 7) is 3.33. The summed E-state index contributed by atoms with van der Waals surface area (Å²) in [5.41, 5.74) is 4.87. The smallest absolute Gasteiger partial charge is 0.146 e. The summed E-state index contributed by atoms with van der Waals surface area (Å²) < 4.78 is 19.3. The molecule has 6 rings (SSSR count). The van der Waals surface area contributed by atoms with E-state index in [-0.39, 0.29) is 5.82 Å². The number of aromatic nitrogens is 1. The molecule has 0 spiro atoms. The van der Waals surface area contributed by atoms with Gasteiger partial charge in [0.15, 0.2) is 0 Å². The first-order valence-corrected chi connectivity index (χ1v) is 14.1. The molecular weight excluding hydrogens is 519 g/mol. The third-order valence-corrected chi connectivity index (χ3v) is 7.99. The number of benzene rings is 4. The molecule has 0 N–H and O–H groups in total. The van der Waals surface area contributed by atoms with Gasteiger partial charge in [0.1, 0.15) is 33.1 Å². The van der Waals surface area contributed by atoms with Crippen molar-refractivity contribution in [3.8, 4) is 27.6 Å². The zero-order valence-corrected chi connectivity index (χ0v) is 23.0. The topological polar surface area (TPSA) is 41.0 Å². The molecule has 0 saturated carbocycles. The Kier molecular flexibility index (Phi) is 7.55. The molecule has 40 heavy (non-hydrogen) atoms. The molecule has 4 aromatic carbocycles. The summed E-state index contributed by atoms with van der Waals surface area (Å²) in [7, 11) is 1.72. The van der Waals surface area contributed by atoms with E-state index >= 15 is 0 Å². The van der Waals surface area contributed by atoms with Gasteiger partial charge in [-0.05, 0) is 36.4 Å². The number of amidine groups is 1. The van der Waals surface area contributed by atoms with E-state index in [0.717, 1.165) is 75.8 Å². The van der Waals surface area contributed by atoms with Crippen LogP contribution in [0.4, 0.5) is 15.1 Å².